The number of likely N-dealkylation sites (tertiary alicyclic amines) is 1. The molecule has 1 amide bonds. The highest BCUT2D eigenvalue weighted by Crippen LogP contribution is 2.40. The lowest BCUT2D eigenvalue weighted by atomic mass is 9.88. The van der Waals surface area contributed by atoms with Crippen LogP contribution in [0.25, 0.3) is 0 Å². The number of carbonyl (C=O) groups excluding carboxylic acids is 1. The molecule has 0 radical (unpaired) electrons. The Morgan fingerprint density at radius 1 is 1.29 bits per heavy atom. The van der Waals surface area contributed by atoms with E-state index >= 15 is 0 Å². The molecule has 2 aromatic rings. The Morgan fingerprint density at radius 3 is 2.87 bits per heavy atom. The Balaban J connectivity index is 1.23. The summed E-state index contributed by atoms with van der Waals surface area (Å²) in [5.74, 6) is 2.92. The number of amides is 1. The second-order valence-electron chi connectivity index (χ2n) is 8.88. The Bertz CT molecular complexity index is 893. The Labute approximate surface area is 182 Å². The molecule has 3 aliphatic rings. The van der Waals surface area contributed by atoms with Crippen molar-refractivity contribution in [1.82, 2.24) is 19.8 Å². The van der Waals surface area contributed by atoms with Gasteiger partial charge in [0.15, 0.2) is 6.10 Å². The summed E-state index contributed by atoms with van der Waals surface area (Å²) < 4.78 is 20.1. The number of fused-ring (bicyclic) bond motifs is 2. The second-order valence-corrected chi connectivity index (χ2v) is 8.88. The second kappa shape index (κ2) is 8.76. The molecule has 168 valence electrons. The van der Waals surface area contributed by atoms with Gasteiger partial charge in [0, 0.05) is 45.1 Å². The van der Waals surface area contributed by atoms with Gasteiger partial charge in [0.2, 0.25) is 0 Å². The zero-order valence-electron chi connectivity index (χ0n) is 18.2. The minimum Gasteiger partial charge on any atom is -0.465 e. The molecule has 2 atom stereocenters. The zero-order chi connectivity index (χ0) is 21.3. The predicted molar refractivity (Wildman–Crippen MR) is 113 cm³/mol. The Morgan fingerprint density at radius 2 is 2.13 bits per heavy atom. The molecule has 5 heterocycles. The number of nitrogens with zero attached hydrogens (tertiary/aromatic N) is 3. The molecule has 0 aliphatic carbocycles. The van der Waals surface area contributed by atoms with Crippen molar-refractivity contribution in [1.29, 1.82) is 0 Å². The quantitative estimate of drug-likeness (QED) is 0.760. The van der Waals surface area contributed by atoms with Crippen molar-refractivity contribution in [3.63, 3.8) is 0 Å². The van der Waals surface area contributed by atoms with E-state index in [2.05, 4.69) is 38.8 Å². The van der Waals surface area contributed by atoms with E-state index in [0.717, 1.165) is 75.7 Å². The van der Waals surface area contributed by atoms with Crippen LogP contribution >= 0.6 is 0 Å². The molecule has 1 N–H and O–H groups in total. The Hall–Kier alpha value is -2.16. The summed E-state index contributed by atoms with van der Waals surface area (Å²) in [6.07, 6.45) is 7.99. The normalized spacial score (nSPS) is 25.6. The number of carbonyl (C=O) groups is 1. The molecular formula is C23H32N4O4. The van der Waals surface area contributed by atoms with Crippen LogP contribution in [0.1, 0.15) is 50.0 Å². The smallest absolute Gasteiger partial charge is 0.251 e. The van der Waals surface area contributed by atoms with Crippen LogP contribution in [-0.2, 0) is 39.4 Å². The van der Waals surface area contributed by atoms with Crippen molar-refractivity contribution in [2.24, 2.45) is 0 Å². The molecule has 3 aliphatic heterocycles. The van der Waals surface area contributed by atoms with Gasteiger partial charge in [-0.3, -0.25) is 9.69 Å². The molecule has 2 aromatic heterocycles. The van der Waals surface area contributed by atoms with E-state index in [9.17, 15) is 4.79 Å². The topological polar surface area (TPSA) is 81.8 Å². The van der Waals surface area contributed by atoms with E-state index in [1.165, 1.54) is 0 Å². The summed E-state index contributed by atoms with van der Waals surface area (Å²) in [7, 11) is 0. The third kappa shape index (κ3) is 4.29. The van der Waals surface area contributed by atoms with E-state index in [4.69, 9.17) is 13.9 Å². The first-order valence-corrected chi connectivity index (χ1v) is 11.5. The van der Waals surface area contributed by atoms with Crippen LogP contribution in [0, 0.1) is 0 Å². The molecule has 2 fully saturated rings. The molecule has 0 unspecified atom stereocenters. The number of aromatic nitrogens is 2. The van der Waals surface area contributed by atoms with Gasteiger partial charge in [-0.25, -0.2) is 4.98 Å². The highest BCUT2D eigenvalue weighted by Gasteiger charge is 2.47. The lowest BCUT2D eigenvalue weighted by Crippen LogP contribution is -2.54. The number of imidazole rings is 1. The molecule has 5 rings (SSSR count). The van der Waals surface area contributed by atoms with E-state index in [1.54, 1.807) is 0 Å². The first-order chi connectivity index (χ1) is 15.1. The number of rotatable bonds is 6. The monoisotopic (exact) mass is 428 g/mol. The molecule has 1 spiro atoms. The summed E-state index contributed by atoms with van der Waals surface area (Å²) in [6, 6.07) is 4.13. The molecule has 8 heteroatoms. The highest BCUT2D eigenvalue weighted by atomic mass is 16.5. The van der Waals surface area contributed by atoms with Crippen LogP contribution in [0.4, 0.5) is 0 Å². The molecule has 8 nitrogen and oxygen atoms in total. The number of nitrogens with one attached hydrogen (secondary N) is 1. The van der Waals surface area contributed by atoms with Crippen molar-refractivity contribution in [2.75, 3.05) is 26.2 Å². The fourth-order valence-electron chi connectivity index (χ4n) is 5.00. The molecule has 0 aromatic carbocycles. The van der Waals surface area contributed by atoms with E-state index in [0.29, 0.717) is 13.1 Å². The van der Waals surface area contributed by atoms with Crippen molar-refractivity contribution in [2.45, 2.75) is 69.9 Å². The van der Waals surface area contributed by atoms with E-state index < -0.39 is 11.7 Å². The standard InChI is InChI=1S/C23H32N4O4/c1-2-17-5-6-19(30-17)15-26-10-7-23(8-11-26)22-24-9-12-27(22)16-20(31-23)21(28)25-14-18-4-3-13-29-18/h5-6,9,12,18,20H,2-4,7-8,10-11,13-16H2,1H3,(H,25,28)/t18-,20+/m1/s1. The van der Waals surface area contributed by atoms with Crippen molar-refractivity contribution < 1.29 is 18.7 Å². The van der Waals surface area contributed by atoms with Crippen LogP contribution < -0.4 is 5.32 Å². The summed E-state index contributed by atoms with van der Waals surface area (Å²) >= 11 is 0. The third-order valence-corrected chi connectivity index (χ3v) is 6.78. The fourth-order valence-corrected chi connectivity index (χ4v) is 5.00. The molecule has 2 saturated heterocycles. The first kappa shape index (κ1) is 20.7. The number of aryl methyl sites for hydroxylation is 1. The highest BCUT2D eigenvalue weighted by molar-refractivity contribution is 5.81. The van der Waals surface area contributed by atoms with Crippen LogP contribution in [0.2, 0.25) is 0 Å². The summed E-state index contributed by atoms with van der Waals surface area (Å²) in [4.78, 5) is 19.9. The SMILES string of the molecule is CCc1ccc(CN2CCC3(CC2)O[C@H](C(=O)NC[C@H]2CCCO2)Cn2ccnc23)o1. The maximum atomic E-state index is 12.9. The van der Waals surface area contributed by atoms with Crippen LogP contribution in [0.15, 0.2) is 28.9 Å². The van der Waals surface area contributed by atoms with Gasteiger partial charge in [0.05, 0.1) is 19.2 Å². The summed E-state index contributed by atoms with van der Waals surface area (Å²) in [6.45, 7) is 6.50. The van der Waals surface area contributed by atoms with Crippen molar-refractivity contribution in [3.8, 4) is 0 Å². The number of hydrogen-bond donors (Lipinski definition) is 1. The van der Waals surface area contributed by atoms with Crippen molar-refractivity contribution >= 4 is 5.91 Å². The number of furan rings is 1. The van der Waals surface area contributed by atoms with Gasteiger partial charge in [-0.05, 0) is 37.8 Å². The zero-order valence-corrected chi connectivity index (χ0v) is 18.2. The van der Waals surface area contributed by atoms with Gasteiger partial charge in [-0.2, -0.15) is 0 Å². The van der Waals surface area contributed by atoms with Crippen molar-refractivity contribution in [3.05, 3.63) is 41.9 Å². The fraction of sp³-hybridized carbons (Fsp3) is 0.652. The van der Waals surface area contributed by atoms with E-state index in [1.807, 2.05) is 12.4 Å². The number of ether oxygens (including phenoxy) is 2. The third-order valence-electron chi connectivity index (χ3n) is 6.78. The maximum absolute atomic E-state index is 12.9. The molecule has 0 saturated carbocycles. The molecular weight excluding hydrogens is 396 g/mol. The minimum atomic E-state index is -0.512. The Kier molecular flexibility index (Phi) is 5.86. The van der Waals surface area contributed by atoms with E-state index in [-0.39, 0.29) is 12.0 Å². The average molecular weight is 429 g/mol. The van der Waals surface area contributed by atoms with Crippen LogP contribution in [0.5, 0.6) is 0 Å². The first-order valence-electron chi connectivity index (χ1n) is 11.5. The minimum absolute atomic E-state index is 0.0562. The van der Waals surface area contributed by atoms with Crippen LogP contribution in [-0.4, -0.2) is 58.8 Å². The number of hydrogen-bond acceptors (Lipinski definition) is 6. The largest absolute Gasteiger partial charge is 0.465 e. The summed E-state index contributed by atoms with van der Waals surface area (Å²) in [5, 5.41) is 3.04. The van der Waals surface area contributed by atoms with Gasteiger partial charge >= 0.3 is 0 Å². The van der Waals surface area contributed by atoms with Gasteiger partial charge < -0.3 is 23.8 Å². The lowest BCUT2D eigenvalue weighted by Gasteiger charge is -2.45. The summed E-state index contributed by atoms with van der Waals surface area (Å²) in [5.41, 5.74) is -0.512. The van der Waals surface area contributed by atoms with Gasteiger partial charge in [0.25, 0.3) is 5.91 Å². The maximum Gasteiger partial charge on any atom is 0.251 e. The van der Waals surface area contributed by atoms with Crippen LogP contribution in [0.3, 0.4) is 0 Å². The molecule has 0 bridgehead atoms. The lowest BCUT2D eigenvalue weighted by molar-refractivity contribution is -0.174. The van der Waals surface area contributed by atoms with Gasteiger partial charge in [-0.1, -0.05) is 6.92 Å². The predicted octanol–water partition coefficient (Wildman–Crippen LogP) is 2.22. The average Bonchev–Trinajstić information content (AvgIpc) is 3.55. The molecule has 31 heavy (non-hydrogen) atoms. The van der Waals surface area contributed by atoms with Gasteiger partial charge in [-0.15, -0.1) is 0 Å². The van der Waals surface area contributed by atoms with Gasteiger partial charge in [0.1, 0.15) is 22.9 Å². The number of piperidine rings is 1.